The van der Waals surface area contributed by atoms with Gasteiger partial charge in [0.25, 0.3) is 10.8 Å². The minimum atomic E-state index is -0.444. The lowest BCUT2D eigenvalue weighted by atomic mass is 10.1. The number of esters is 1. The topological polar surface area (TPSA) is 111 Å². The van der Waals surface area contributed by atoms with E-state index in [1.807, 2.05) is 38.1 Å². The molecule has 0 radical (unpaired) electrons. The molecule has 8 nitrogen and oxygen atoms in total. The van der Waals surface area contributed by atoms with Crippen LogP contribution in [0.4, 0.5) is 0 Å². The number of rotatable bonds is 6. The van der Waals surface area contributed by atoms with Gasteiger partial charge in [-0.2, -0.15) is 0 Å². The number of aromatic nitrogens is 4. The maximum Gasteiger partial charge on any atom is 0.348 e. The fourth-order valence-corrected chi connectivity index (χ4v) is 4.95. The molecule has 0 aliphatic heterocycles. The van der Waals surface area contributed by atoms with Crippen LogP contribution >= 0.6 is 23.1 Å². The molecule has 0 fully saturated rings. The molecule has 0 bridgehead atoms. The lowest BCUT2D eigenvalue weighted by Crippen LogP contribution is -2.12. The number of carbonyl (C=O) groups is 1. The molecular formula is C21H20N4O4S2. The van der Waals surface area contributed by atoms with Gasteiger partial charge in [0.1, 0.15) is 15.5 Å². The van der Waals surface area contributed by atoms with Gasteiger partial charge in [0.2, 0.25) is 5.89 Å². The lowest BCUT2D eigenvalue weighted by molar-refractivity contribution is 0.0531. The van der Waals surface area contributed by atoms with Crippen molar-refractivity contribution in [2.75, 3.05) is 6.61 Å². The Hall–Kier alpha value is -2.98. The van der Waals surface area contributed by atoms with Crippen LogP contribution in [0.5, 0.6) is 0 Å². The van der Waals surface area contributed by atoms with Crippen molar-refractivity contribution in [2.24, 2.45) is 0 Å². The van der Waals surface area contributed by atoms with E-state index < -0.39 is 5.97 Å². The summed E-state index contributed by atoms with van der Waals surface area (Å²) in [4.78, 5) is 33.2. The van der Waals surface area contributed by atoms with Gasteiger partial charge < -0.3 is 14.1 Å². The van der Waals surface area contributed by atoms with E-state index in [4.69, 9.17) is 9.15 Å². The third-order valence-electron chi connectivity index (χ3n) is 4.72. The molecule has 3 aromatic heterocycles. The molecule has 3 heterocycles. The van der Waals surface area contributed by atoms with Gasteiger partial charge in [-0.15, -0.1) is 21.5 Å². The highest BCUT2D eigenvalue weighted by molar-refractivity contribution is 7.99. The molecule has 160 valence electrons. The van der Waals surface area contributed by atoms with Gasteiger partial charge in [0.15, 0.2) is 0 Å². The number of nitrogens with one attached hydrogen (secondary N) is 1. The van der Waals surface area contributed by atoms with Crippen LogP contribution in [-0.4, -0.2) is 32.7 Å². The number of thiophene rings is 1. The molecule has 0 saturated carbocycles. The Labute approximate surface area is 186 Å². The highest BCUT2D eigenvalue weighted by Crippen LogP contribution is 2.35. The monoisotopic (exact) mass is 456 g/mol. The number of nitrogens with zero attached hydrogens (tertiary/aromatic N) is 3. The van der Waals surface area contributed by atoms with Crippen LogP contribution in [0, 0.1) is 13.8 Å². The Balaban J connectivity index is 1.61. The van der Waals surface area contributed by atoms with Crippen LogP contribution in [0.25, 0.3) is 21.7 Å². The van der Waals surface area contributed by atoms with Crippen molar-refractivity contribution in [3.05, 3.63) is 56.4 Å². The van der Waals surface area contributed by atoms with Gasteiger partial charge in [-0.3, -0.25) is 4.79 Å². The Morgan fingerprint density at radius 2 is 2.06 bits per heavy atom. The Morgan fingerprint density at radius 1 is 1.29 bits per heavy atom. The first-order valence-electron chi connectivity index (χ1n) is 9.65. The van der Waals surface area contributed by atoms with Crippen molar-refractivity contribution < 1.29 is 13.9 Å². The highest BCUT2D eigenvalue weighted by atomic mass is 32.2. The van der Waals surface area contributed by atoms with E-state index in [0.717, 1.165) is 22.5 Å². The molecule has 0 saturated heterocycles. The number of fused-ring (bicyclic) bond motifs is 1. The molecular weight excluding hydrogens is 436 g/mol. The van der Waals surface area contributed by atoms with E-state index in [2.05, 4.69) is 20.2 Å². The van der Waals surface area contributed by atoms with E-state index in [0.29, 0.717) is 37.6 Å². The quantitative estimate of drug-likeness (QED) is 0.329. The van der Waals surface area contributed by atoms with E-state index >= 15 is 0 Å². The molecule has 4 rings (SSSR count). The van der Waals surface area contributed by atoms with Gasteiger partial charge in [0, 0.05) is 5.56 Å². The van der Waals surface area contributed by atoms with Crippen molar-refractivity contribution in [1.82, 2.24) is 20.2 Å². The zero-order valence-corrected chi connectivity index (χ0v) is 19.0. The number of H-pyrrole nitrogens is 1. The second-order valence-electron chi connectivity index (χ2n) is 6.86. The summed E-state index contributed by atoms with van der Waals surface area (Å²) in [5.74, 6) is 0.466. The molecule has 1 unspecified atom stereocenters. The minimum Gasteiger partial charge on any atom is -0.462 e. The Morgan fingerprint density at radius 3 is 2.81 bits per heavy atom. The van der Waals surface area contributed by atoms with Crippen molar-refractivity contribution in [2.45, 2.75) is 38.2 Å². The zero-order valence-electron chi connectivity index (χ0n) is 17.4. The summed E-state index contributed by atoms with van der Waals surface area (Å²) >= 11 is 2.46. The third kappa shape index (κ3) is 4.13. The summed E-state index contributed by atoms with van der Waals surface area (Å²) in [5, 5.41) is 8.78. The molecule has 4 aromatic rings. The van der Waals surface area contributed by atoms with Gasteiger partial charge in [-0.1, -0.05) is 30.0 Å². The minimum absolute atomic E-state index is 0.254. The van der Waals surface area contributed by atoms with Crippen LogP contribution < -0.4 is 5.56 Å². The number of hydrogen-bond donors (Lipinski definition) is 1. The molecule has 0 aliphatic carbocycles. The Bertz CT molecular complexity index is 1320. The number of ether oxygens (including phenoxy) is 1. The molecule has 0 aliphatic rings. The predicted molar refractivity (Wildman–Crippen MR) is 120 cm³/mol. The summed E-state index contributed by atoms with van der Waals surface area (Å²) in [5.41, 5.74) is 2.21. The molecule has 0 spiro atoms. The normalized spacial score (nSPS) is 12.3. The number of aryl methyl sites for hydroxylation is 2. The summed E-state index contributed by atoms with van der Waals surface area (Å²) in [7, 11) is 0. The molecule has 0 amide bonds. The van der Waals surface area contributed by atoms with Gasteiger partial charge in [0.05, 0.1) is 17.2 Å². The summed E-state index contributed by atoms with van der Waals surface area (Å²) in [6.45, 7) is 7.60. The van der Waals surface area contributed by atoms with Crippen molar-refractivity contribution in [1.29, 1.82) is 0 Å². The van der Waals surface area contributed by atoms with Gasteiger partial charge in [-0.25, -0.2) is 9.78 Å². The third-order valence-corrected chi connectivity index (χ3v) is 6.83. The average molecular weight is 457 g/mol. The van der Waals surface area contributed by atoms with Crippen molar-refractivity contribution >= 4 is 39.3 Å². The fraction of sp³-hybridized carbons (Fsp3) is 0.286. The molecule has 1 atom stereocenters. The predicted octanol–water partition coefficient (Wildman–Crippen LogP) is 4.68. The molecule has 10 heteroatoms. The second kappa shape index (κ2) is 8.64. The van der Waals surface area contributed by atoms with E-state index in [9.17, 15) is 9.59 Å². The number of aromatic amines is 1. The first kappa shape index (κ1) is 21.3. The van der Waals surface area contributed by atoms with Crippen LogP contribution in [0.1, 0.15) is 45.7 Å². The van der Waals surface area contributed by atoms with E-state index in [-0.39, 0.29) is 17.4 Å². The zero-order chi connectivity index (χ0) is 22.1. The molecule has 1 aromatic carbocycles. The standard InChI is InChI=1S/C21H20N4O4S2/c1-5-28-20(27)15-11(3)14-17(26)22-16(23-19(14)31-15)12(4)30-21-25-24-18(29-21)13-9-7-6-8-10(13)2/h6-9,12H,5H2,1-4H3,(H,22,23,26). The maximum atomic E-state index is 12.7. The highest BCUT2D eigenvalue weighted by Gasteiger charge is 2.22. The fourth-order valence-electron chi connectivity index (χ4n) is 3.13. The van der Waals surface area contributed by atoms with Crippen molar-refractivity contribution in [3.63, 3.8) is 0 Å². The number of hydrogen-bond acceptors (Lipinski definition) is 9. The number of carbonyl (C=O) groups excluding carboxylic acids is 1. The average Bonchev–Trinajstić information content (AvgIpc) is 3.33. The Kier molecular flexibility index (Phi) is 5.92. The number of benzene rings is 1. The molecule has 31 heavy (non-hydrogen) atoms. The number of thioether (sulfide) groups is 1. The van der Waals surface area contributed by atoms with Crippen LogP contribution in [0.3, 0.4) is 0 Å². The second-order valence-corrected chi connectivity index (χ2v) is 9.15. The SMILES string of the molecule is CCOC(=O)c1sc2nc(C(C)Sc3nnc(-c4ccccc4C)o3)[nH]c(=O)c2c1C. The summed E-state index contributed by atoms with van der Waals surface area (Å²) < 4.78 is 10.9. The summed E-state index contributed by atoms with van der Waals surface area (Å²) in [6, 6.07) is 7.77. The first-order valence-corrected chi connectivity index (χ1v) is 11.3. The maximum absolute atomic E-state index is 12.7. The van der Waals surface area contributed by atoms with Crippen LogP contribution in [0.15, 0.2) is 38.7 Å². The summed E-state index contributed by atoms with van der Waals surface area (Å²) in [6.07, 6.45) is 0. The van der Waals surface area contributed by atoms with E-state index in [1.165, 1.54) is 11.8 Å². The largest absolute Gasteiger partial charge is 0.462 e. The van der Waals surface area contributed by atoms with Crippen LogP contribution in [-0.2, 0) is 4.74 Å². The first-order chi connectivity index (χ1) is 14.9. The van der Waals surface area contributed by atoms with E-state index in [1.54, 1.807) is 13.8 Å². The van der Waals surface area contributed by atoms with Gasteiger partial charge >= 0.3 is 5.97 Å². The smallest absolute Gasteiger partial charge is 0.348 e. The van der Waals surface area contributed by atoms with Gasteiger partial charge in [-0.05, 0) is 44.9 Å². The van der Waals surface area contributed by atoms with Crippen molar-refractivity contribution in [3.8, 4) is 11.5 Å². The lowest BCUT2D eigenvalue weighted by Gasteiger charge is -2.07. The van der Waals surface area contributed by atoms with Crippen LogP contribution in [0.2, 0.25) is 0 Å². The molecule has 1 N–H and O–H groups in total.